The molecule has 0 amide bonds. The molecule has 1 saturated heterocycles. The Kier molecular flexibility index (Phi) is 6.22. The summed E-state index contributed by atoms with van der Waals surface area (Å²) in [5, 5.41) is 3.37. The van der Waals surface area contributed by atoms with Crippen LogP contribution in [0.3, 0.4) is 0 Å². The van der Waals surface area contributed by atoms with Gasteiger partial charge >= 0.3 is 0 Å². The number of hydrogen-bond acceptors (Lipinski definition) is 3. The van der Waals surface area contributed by atoms with E-state index in [1.165, 1.54) is 39.0 Å². The fraction of sp³-hybridized carbons (Fsp3) is 1.00. The minimum atomic E-state index is 0.924. The second-order valence-corrected chi connectivity index (χ2v) is 4.86. The summed E-state index contributed by atoms with van der Waals surface area (Å²) in [4.78, 5) is 4.91. The molecule has 1 N–H and O–H groups in total. The molecule has 0 atom stereocenters. The smallest absolute Gasteiger partial charge is 0.0104 e. The van der Waals surface area contributed by atoms with Gasteiger partial charge in [-0.3, -0.25) is 0 Å². The lowest BCUT2D eigenvalue weighted by molar-refractivity contribution is 0.177. The molecule has 0 saturated carbocycles. The zero-order valence-corrected chi connectivity index (χ0v) is 10.6. The van der Waals surface area contributed by atoms with Crippen LogP contribution in [0.4, 0.5) is 0 Å². The van der Waals surface area contributed by atoms with Crippen molar-refractivity contribution in [3.8, 4) is 0 Å². The van der Waals surface area contributed by atoms with Crippen molar-refractivity contribution in [3.63, 3.8) is 0 Å². The van der Waals surface area contributed by atoms with E-state index in [2.05, 4.69) is 36.1 Å². The lowest BCUT2D eigenvalue weighted by atomic mass is 9.97. The molecule has 3 heteroatoms. The molecule has 1 rings (SSSR count). The number of nitrogens with one attached hydrogen (secondary N) is 1. The molecule has 0 bridgehead atoms. The van der Waals surface area contributed by atoms with Gasteiger partial charge in [0.1, 0.15) is 0 Å². The first kappa shape index (κ1) is 12.9. The Labute approximate surface area is 94.8 Å². The number of hydrogen-bond donors (Lipinski definition) is 1. The van der Waals surface area contributed by atoms with Crippen LogP contribution in [0.25, 0.3) is 0 Å². The van der Waals surface area contributed by atoms with Crippen LogP contribution >= 0.6 is 0 Å². The summed E-state index contributed by atoms with van der Waals surface area (Å²) in [6, 6.07) is 0. The fourth-order valence-corrected chi connectivity index (χ4v) is 2.22. The largest absolute Gasteiger partial charge is 0.316 e. The Bertz CT molecular complexity index is 153. The van der Waals surface area contributed by atoms with E-state index in [1.807, 2.05) is 0 Å². The first-order chi connectivity index (χ1) is 7.22. The van der Waals surface area contributed by atoms with Crippen molar-refractivity contribution in [3.05, 3.63) is 0 Å². The molecular formula is C12H27N3. The zero-order chi connectivity index (χ0) is 11.1. The maximum atomic E-state index is 3.37. The quantitative estimate of drug-likeness (QED) is 0.661. The number of likely N-dealkylation sites (tertiary alicyclic amines) is 1. The van der Waals surface area contributed by atoms with Crippen molar-refractivity contribution in [1.29, 1.82) is 0 Å². The van der Waals surface area contributed by atoms with E-state index in [1.54, 1.807) is 0 Å². The maximum absolute atomic E-state index is 3.37. The first-order valence-electron chi connectivity index (χ1n) is 6.30. The van der Waals surface area contributed by atoms with E-state index in [4.69, 9.17) is 0 Å². The van der Waals surface area contributed by atoms with Gasteiger partial charge in [0.2, 0.25) is 0 Å². The summed E-state index contributed by atoms with van der Waals surface area (Å²) in [7, 11) is 4.47. The van der Waals surface area contributed by atoms with E-state index in [9.17, 15) is 0 Å². The van der Waals surface area contributed by atoms with Crippen LogP contribution in [0, 0.1) is 5.92 Å². The summed E-state index contributed by atoms with van der Waals surface area (Å²) in [5.74, 6) is 0.924. The molecule has 0 aromatic carbocycles. The van der Waals surface area contributed by atoms with Crippen LogP contribution < -0.4 is 5.32 Å². The standard InChI is InChI=1S/C12H27N3/c1-4-13-7-10-15(3)11-12-5-8-14(2)9-6-12/h12-13H,4-11H2,1-3H3. The Morgan fingerprint density at radius 2 is 2.00 bits per heavy atom. The molecule has 0 spiro atoms. The van der Waals surface area contributed by atoms with Crippen molar-refractivity contribution < 1.29 is 0 Å². The van der Waals surface area contributed by atoms with Gasteiger partial charge in [-0.05, 0) is 52.5 Å². The molecule has 1 heterocycles. The lowest BCUT2D eigenvalue weighted by Gasteiger charge is -2.31. The topological polar surface area (TPSA) is 18.5 Å². The van der Waals surface area contributed by atoms with Crippen LogP contribution in [0.15, 0.2) is 0 Å². The third-order valence-corrected chi connectivity index (χ3v) is 3.33. The summed E-state index contributed by atoms with van der Waals surface area (Å²) in [6.45, 7) is 9.40. The highest BCUT2D eigenvalue weighted by molar-refractivity contribution is 4.72. The maximum Gasteiger partial charge on any atom is 0.0104 e. The predicted molar refractivity (Wildman–Crippen MR) is 66.3 cm³/mol. The van der Waals surface area contributed by atoms with Crippen molar-refractivity contribution in [2.45, 2.75) is 19.8 Å². The molecule has 1 aliphatic rings. The average molecular weight is 213 g/mol. The van der Waals surface area contributed by atoms with Gasteiger partial charge in [-0.15, -0.1) is 0 Å². The highest BCUT2D eigenvalue weighted by atomic mass is 15.1. The van der Waals surface area contributed by atoms with Crippen LogP contribution in [0.5, 0.6) is 0 Å². The Morgan fingerprint density at radius 1 is 1.33 bits per heavy atom. The van der Waals surface area contributed by atoms with Gasteiger partial charge in [0.25, 0.3) is 0 Å². The summed E-state index contributed by atoms with van der Waals surface area (Å²) in [5.41, 5.74) is 0. The molecule has 0 aromatic heterocycles. The molecule has 0 unspecified atom stereocenters. The Balaban J connectivity index is 2.06. The van der Waals surface area contributed by atoms with Crippen molar-refractivity contribution in [1.82, 2.24) is 15.1 Å². The van der Waals surface area contributed by atoms with Gasteiger partial charge in [-0.2, -0.15) is 0 Å². The van der Waals surface area contributed by atoms with Gasteiger partial charge in [0.05, 0.1) is 0 Å². The third-order valence-electron chi connectivity index (χ3n) is 3.33. The van der Waals surface area contributed by atoms with Gasteiger partial charge in [0.15, 0.2) is 0 Å². The SMILES string of the molecule is CCNCCN(C)CC1CCN(C)CC1. The van der Waals surface area contributed by atoms with Crippen LogP contribution in [-0.4, -0.2) is 63.2 Å². The zero-order valence-electron chi connectivity index (χ0n) is 10.6. The normalized spacial score (nSPS) is 20.0. The van der Waals surface area contributed by atoms with Crippen LogP contribution in [0.2, 0.25) is 0 Å². The lowest BCUT2D eigenvalue weighted by Crippen LogP contribution is -2.37. The summed E-state index contributed by atoms with van der Waals surface area (Å²) < 4.78 is 0. The molecule has 0 aromatic rings. The summed E-state index contributed by atoms with van der Waals surface area (Å²) in [6.07, 6.45) is 2.75. The fourth-order valence-electron chi connectivity index (χ4n) is 2.22. The van der Waals surface area contributed by atoms with Gasteiger partial charge in [0, 0.05) is 19.6 Å². The van der Waals surface area contributed by atoms with Crippen molar-refractivity contribution in [2.24, 2.45) is 5.92 Å². The highest BCUT2D eigenvalue weighted by Crippen LogP contribution is 2.16. The van der Waals surface area contributed by atoms with Gasteiger partial charge in [-0.1, -0.05) is 6.92 Å². The Morgan fingerprint density at radius 3 is 2.60 bits per heavy atom. The second kappa shape index (κ2) is 7.20. The highest BCUT2D eigenvalue weighted by Gasteiger charge is 2.17. The van der Waals surface area contributed by atoms with E-state index >= 15 is 0 Å². The predicted octanol–water partition coefficient (Wildman–Crippen LogP) is 0.870. The molecule has 15 heavy (non-hydrogen) atoms. The minimum absolute atomic E-state index is 0.924. The number of nitrogens with zero attached hydrogens (tertiary/aromatic N) is 2. The molecule has 90 valence electrons. The second-order valence-electron chi connectivity index (χ2n) is 4.86. The minimum Gasteiger partial charge on any atom is -0.316 e. The molecule has 1 fully saturated rings. The Hall–Kier alpha value is -0.120. The van der Waals surface area contributed by atoms with E-state index in [0.717, 1.165) is 19.0 Å². The average Bonchev–Trinajstić information content (AvgIpc) is 2.22. The van der Waals surface area contributed by atoms with Crippen molar-refractivity contribution in [2.75, 3.05) is 53.4 Å². The number of likely N-dealkylation sites (N-methyl/N-ethyl adjacent to an activating group) is 2. The van der Waals surface area contributed by atoms with Gasteiger partial charge < -0.3 is 15.1 Å². The third kappa shape index (κ3) is 5.50. The molecule has 1 aliphatic heterocycles. The first-order valence-corrected chi connectivity index (χ1v) is 6.30. The molecule has 0 radical (unpaired) electrons. The van der Waals surface area contributed by atoms with E-state index < -0.39 is 0 Å². The van der Waals surface area contributed by atoms with Crippen LogP contribution in [-0.2, 0) is 0 Å². The molecular weight excluding hydrogens is 186 g/mol. The monoisotopic (exact) mass is 213 g/mol. The number of rotatable bonds is 6. The molecule has 0 aliphatic carbocycles. The molecule has 3 nitrogen and oxygen atoms in total. The number of piperidine rings is 1. The van der Waals surface area contributed by atoms with E-state index in [-0.39, 0.29) is 0 Å². The van der Waals surface area contributed by atoms with Gasteiger partial charge in [-0.25, -0.2) is 0 Å². The van der Waals surface area contributed by atoms with Crippen molar-refractivity contribution >= 4 is 0 Å². The van der Waals surface area contributed by atoms with Crippen LogP contribution in [0.1, 0.15) is 19.8 Å². The van der Waals surface area contributed by atoms with E-state index in [0.29, 0.717) is 0 Å². The summed E-state index contributed by atoms with van der Waals surface area (Å²) >= 11 is 0.